The van der Waals surface area contributed by atoms with E-state index in [1.807, 2.05) is 0 Å². The smallest absolute Gasteiger partial charge is 0.286 e. The van der Waals surface area contributed by atoms with Crippen LogP contribution in [0, 0.1) is 5.82 Å². The van der Waals surface area contributed by atoms with E-state index in [0.717, 1.165) is 0 Å². The lowest BCUT2D eigenvalue weighted by Crippen LogP contribution is -2.16. The number of hydrogen-bond donors (Lipinski definition) is 2. The lowest BCUT2D eigenvalue weighted by atomic mass is 10.2. The van der Waals surface area contributed by atoms with Crippen molar-refractivity contribution in [2.75, 3.05) is 18.6 Å². The van der Waals surface area contributed by atoms with Gasteiger partial charge >= 0.3 is 0 Å². The molecule has 3 N–H and O–H groups in total. The number of rotatable bonds is 6. The van der Waals surface area contributed by atoms with Gasteiger partial charge in [-0.25, -0.2) is 18.7 Å². The molecule has 0 aliphatic heterocycles. The Kier molecular flexibility index (Phi) is 5.13. The lowest BCUT2D eigenvalue weighted by molar-refractivity contribution is 0.0991. The first-order valence-corrected chi connectivity index (χ1v) is 7.88. The van der Waals surface area contributed by atoms with E-state index in [1.165, 1.54) is 18.2 Å². The highest BCUT2D eigenvalue weighted by molar-refractivity contribution is 6.31. The highest BCUT2D eigenvalue weighted by Gasteiger charge is 2.13. The van der Waals surface area contributed by atoms with Crippen molar-refractivity contribution in [2.24, 2.45) is 5.73 Å². The summed E-state index contributed by atoms with van der Waals surface area (Å²) in [6.45, 7) is -0.731. The molecule has 0 spiro atoms. The molecule has 0 saturated carbocycles. The van der Waals surface area contributed by atoms with Crippen LogP contribution >= 0.6 is 11.6 Å². The second-order valence-electron chi connectivity index (χ2n) is 5.23. The molecule has 1 heterocycles. The number of primary amides is 1. The number of nitrogens with two attached hydrogens (primary N) is 1. The number of carbonyl (C=O) groups is 1. The van der Waals surface area contributed by atoms with Gasteiger partial charge in [0.15, 0.2) is 0 Å². The third-order valence-corrected chi connectivity index (χ3v) is 3.71. The average Bonchev–Trinajstić information content (AvgIpc) is 2.62. The van der Waals surface area contributed by atoms with E-state index < -0.39 is 18.4 Å². The topological polar surface area (TPSA) is 90.1 Å². The van der Waals surface area contributed by atoms with Crippen molar-refractivity contribution in [3.8, 4) is 5.75 Å². The van der Waals surface area contributed by atoms with Crippen molar-refractivity contribution in [1.82, 2.24) is 9.97 Å². The number of alkyl halides is 1. The Labute approximate surface area is 152 Å². The minimum absolute atomic E-state index is 0.0644. The van der Waals surface area contributed by atoms with Crippen molar-refractivity contribution in [3.63, 3.8) is 0 Å². The van der Waals surface area contributed by atoms with E-state index in [4.69, 9.17) is 22.1 Å². The summed E-state index contributed by atoms with van der Waals surface area (Å²) in [5, 5.41) is 3.46. The molecule has 1 aromatic heterocycles. The zero-order valence-electron chi connectivity index (χ0n) is 13.3. The first-order valence-electron chi connectivity index (χ1n) is 7.50. The largest absolute Gasteiger partial charge is 0.491 e. The van der Waals surface area contributed by atoms with E-state index in [-0.39, 0.29) is 23.3 Å². The monoisotopic (exact) mass is 378 g/mol. The van der Waals surface area contributed by atoms with Crippen molar-refractivity contribution in [3.05, 3.63) is 53.1 Å². The predicted molar refractivity (Wildman–Crippen MR) is 94.2 cm³/mol. The van der Waals surface area contributed by atoms with Gasteiger partial charge in [-0.15, -0.1) is 0 Å². The number of carbonyl (C=O) groups excluding carboxylic acids is 1. The van der Waals surface area contributed by atoms with Crippen LogP contribution in [0.1, 0.15) is 10.6 Å². The van der Waals surface area contributed by atoms with Gasteiger partial charge in [-0.3, -0.25) is 4.79 Å². The summed E-state index contributed by atoms with van der Waals surface area (Å²) in [7, 11) is 0. The van der Waals surface area contributed by atoms with Crippen LogP contribution < -0.4 is 15.8 Å². The fourth-order valence-corrected chi connectivity index (χ4v) is 2.45. The number of aromatic nitrogens is 2. The van der Waals surface area contributed by atoms with Crippen LogP contribution in [-0.2, 0) is 0 Å². The number of hydrogen-bond acceptors (Lipinski definition) is 5. The first-order chi connectivity index (χ1) is 12.5. The van der Waals surface area contributed by atoms with E-state index in [9.17, 15) is 13.6 Å². The maximum atomic E-state index is 13.3. The second kappa shape index (κ2) is 7.49. The molecule has 0 unspecified atom stereocenters. The number of ether oxygens (including phenoxy) is 1. The van der Waals surface area contributed by atoms with Crippen LogP contribution in [0.15, 0.2) is 36.4 Å². The Hall–Kier alpha value is -3.00. The highest BCUT2D eigenvalue weighted by atomic mass is 35.5. The fraction of sp³-hybridized carbons (Fsp3) is 0.118. The van der Waals surface area contributed by atoms with Crippen molar-refractivity contribution >= 4 is 39.9 Å². The highest BCUT2D eigenvalue weighted by Crippen LogP contribution is 2.28. The van der Waals surface area contributed by atoms with Crippen LogP contribution in [0.3, 0.4) is 0 Å². The van der Waals surface area contributed by atoms with Gasteiger partial charge in [0.1, 0.15) is 30.7 Å². The Morgan fingerprint density at radius 2 is 2.04 bits per heavy atom. The van der Waals surface area contributed by atoms with Gasteiger partial charge in [-0.1, -0.05) is 11.6 Å². The maximum absolute atomic E-state index is 13.3. The van der Waals surface area contributed by atoms with Gasteiger partial charge in [0, 0.05) is 17.1 Å². The second-order valence-corrected chi connectivity index (χ2v) is 5.64. The Morgan fingerprint density at radius 3 is 2.73 bits per heavy atom. The Morgan fingerprint density at radius 1 is 1.23 bits per heavy atom. The van der Waals surface area contributed by atoms with Gasteiger partial charge in [-0.05, 0) is 30.3 Å². The van der Waals surface area contributed by atoms with E-state index in [1.54, 1.807) is 18.2 Å². The summed E-state index contributed by atoms with van der Waals surface area (Å²) >= 11 is 5.78. The first kappa shape index (κ1) is 17.8. The molecule has 2 aromatic carbocycles. The van der Waals surface area contributed by atoms with E-state index in [2.05, 4.69) is 15.3 Å². The number of amides is 1. The van der Waals surface area contributed by atoms with Crippen molar-refractivity contribution in [2.45, 2.75) is 0 Å². The minimum Gasteiger partial charge on any atom is -0.491 e. The lowest BCUT2D eigenvalue weighted by Gasteiger charge is -2.11. The summed E-state index contributed by atoms with van der Waals surface area (Å²) in [4.78, 5) is 19.7. The molecule has 3 aromatic rings. The standard InChI is InChI=1S/C17H13ClF2N4O2/c18-12-7-9(1-4-13(12)20)22-16-11-3-2-10(26-6-5-19)8-14(11)23-17(24-16)15(21)25/h1-4,7-8H,5-6H2,(H2,21,25)(H,22,23,24). The van der Waals surface area contributed by atoms with E-state index in [0.29, 0.717) is 22.3 Å². The molecule has 0 atom stereocenters. The molecule has 26 heavy (non-hydrogen) atoms. The number of halogens is 3. The van der Waals surface area contributed by atoms with Crippen LogP contribution in [0.25, 0.3) is 10.9 Å². The predicted octanol–water partition coefficient (Wildman–Crippen LogP) is 3.61. The molecule has 9 heteroatoms. The average molecular weight is 379 g/mol. The van der Waals surface area contributed by atoms with E-state index >= 15 is 0 Å². The quantitative estimate of drug-likeness (QED) is 0.683. The normalized spacial score (nSPS) is 10.7. The van der Waals surface area contributed by atoms with Crippen LogP contribution in [-0.4, -0.2) is 29.2 Å². The van der Waals surface area contributed by atoms with Gasteiger partial charge in [0.2, 0.25) is 5.82 Å². The molecule has 0 fully saturated rings. The third kappa shape index (κ3) is 3.80. The fourth-order valence-electron chi connectivity index (χ4n) is 2.27. The molecule has 6 nitrogen and oxygen atoms in total. The number of nitrogens with zero attached hydrogens (tertiary/aromatic N) is 2. The number of anilines is 2. The molecule has 0 aliphatic carbocycles. The third-order valence-electron chi connectivity index (χ3n) is 3.42. The number of fused-ring (bicyclic) bond motifs is 1. The summed E-state index contributed by atoms with van der Waals surface area (Å²) in [5.41, 5.74) is 6.12. The van der Waals surface area contributed by atoms with Gasteiger partial charge in [0.05, 0.1) is 10.5 Å². The van der Waals surface area contributed by atoms with Crippen molar-refractivity contribution < 1.29 is 18.3 Å². The SMILES string of the molecule is NC(=O)c1nc(Nc2ccc(F)c(Cl)c2)c2ccc(OCCF)cc2n1. The summed E-state index contributed by atoms with van der Waals surface area (Å²) in [6.07, 6.45) is 0. The minimum atomic E-state index is -0.817. The molecule has 0 saturated heterocycles. The number of benzene rings is 2. The molecule has 134 valence electrons. The number of nitrogens with one attached hydrogen (secondary N) is 1. The molecule has 3 rings (SSSR count). The summed E-state index contributed by atoms with van der Waals surface area (Å²) in [5.74, 6) is -0.918. The summed E-state index contributed by atoms with van der Waals surface area (Å²) < 4.78 is 30.8. The zero-order chi connectivity index (χ0) is 18.7. The molecule has 0 bridgehead atoms. The Balaban J connectivity index is 2.06. The molecular formula is C17H13ClF2N4O2. The molecule has 1 amide bonds. The molecule has 0 radical (unpaired) electrons. The van der Waals surface area contributed by atoms with Gasteiger partial charge in [0.25, 0.3) is 5.91 Å². The van der Waals surface area contributed by atoms with Gasteiger partial charge < -0.3 is 15.8 Å². The van der Waals surface area contributed by atoms with Crippen molar-refractivity contribution in [1.29, 1.82) is 0 Å². The maximum Gasteiger partial charge on any atom is 0.286 e. The van der Waals surface area contributed by atoms with Crippen LogP contribution in [0.5, 0.6) is 5.75 Å². The Bertz CT molecular complexity index is 984. The summed E-state index contributed by atoms with van der Waals surface area (Å²) in [6, 6.07) is 8.87. The molecular weight excluding hydrogens is 366 g/mol. The molecule has 0 aliphatic rings. The zero-order valence-corrected chi connectivity index (χ0v) is 14.1. The van der Waals surface area contributed by atoms with Gasteiger partial charge in [-0.2, -0.15) is 0 Å². The van der Waals surface area contributed by atoms with Crippen LogP contribution in [0.2, 0.25) is 5.02 Å². The van der Waals surface area contributed by atoms with Crippen LogP contribution in [0.4, 0.5) is 20.3 Å².